The van der Waals surface area contributed by atoms with Crippen LogP contribution in [0, 0.1) is 0 Å². The lowest BCUT2D eigenvalue weighted by Gasteiger charge is -2.39. The second kappa shape index (κ2) is 11.6. The van der Waals surface area contributed by atoms with Gasteiger partial charge < -0.3 is 23.4 Å². The maximum Gasteiger partial charge on any atom is 0.191 e. The quantitative estimate of drug-likeness (QED) is 0.213. The minimum Gasteiger partial charge on any atom is -0.417 e. The van der Waals surface area contributed by atoms with E-state index in [0.717, 1.165) is 25.7 Å². The Labute approximate surface area is 161 Å². The molecule has 0 radical (unpaired) electrons. The Balaban J connectivity index is 2.50. The van der Waals surface area contributed by atoms with Crippen molar-refractivity contribution in [2.75, 3.05) is 33.7 Å². The van der Waals surface area contributed by atoms with Gasteiger partial charge in [-0.25, -0.2) is 0 Å². The maximum atomic E-state index is 6.33. The van der Waals surface area contributed by atoms with E-state index in [-0.39, 0.29) is 30.1 Å². The first-order chi connectivity index (χ1) is 12.2. The SMILES string of the molecule is C=CC[C@@H]1CC[C@@H](OCOCCOC)[C@@H](CCO[Si](C)(C)C(C)(C)C)O1. The lowest BCUT2D eigenvalue weighted by molar-refractivity contribution is -0.181. The minimum absolute atomic E-state index is 0.0458. The van der Waals surface area contributed by atoms with Crippen molar-refractivity contribution >= 4 is 8.32 Å². The van der Waals surface area contributed by atoms with E-state index in [1.54, 1.807) is 7.11 Å². The molecule has 0 N–H and O–H groups in total. The molecule has 0 aromatic heterocycles. The van der Waals surface area contributed by atoms with Crippen LogP contribution >= 0.6 is 0 Å². The second-order valence-corrected chi connectivity index (χ2v) is 13.3. The van der Waals surface area contributed by atoms with Gasteiger partial charge in [0, 0.05) is 13.7 Å². The molecule has 1 rings (SSSR count). The van der Waals surface area contributed by atoms with Gasteiger partial charge in [-0.05, 0) is 43.8 Å². The van der Waals surface area contributed by atoms with Gasteiger partial charge >= 0.3 is 0 Å². The number of ether oxygens (including phenoxy) is 4. The lowest BCUT2D eigenvalue weighted by Crippen LogP contribution is -2.44. The van der Waals surface area contributed by atoms with Gasteiger partial charge in [0.1, 0.15) is 6.79 Å². The predicted octanol–water partition coefficient (Wildman–Crippen LogP) is 4.53. The van der Waals surface area contributed by atoms with Crippen molar-refractivity contribution < 1.29 is 23.4 Å². The van der Waals surface area contributed by atoms with Gasteiger partial charge in [0.15, 0.2) is 8.32 Å². The fourth-order valence-electron chi connectivity index (χ4n) is 2.73. The molecule has 26 heavy (non-hydrogen) atoms. The smallest absolute Gasteiger partial charge is 0.191 e. The Kier molecular flexibility index (Phi) is 10.6. The number of hydrogen-bond acceptors (Lipinski definition) is 5. The molecule has 1 aliphatic heterocycles. The zero-order valence-electron chi connectivity index (χ0n) is 17.7. The molecule has 1 fully saturated rings. The van der Waals surface area contributed by atoms with Crippen LogP contribution in [0.15, 0.2) is 12.7 Å². The van der Waals surface area contributed by atoms with Crippen molar-refractivity contribution in [3.05, 3.63) is 12.7 Å². The zero-order chi connectivity index (χ0) is 19.6. The highest BCUT2D eigenvalue weighted by Crippen LogP contribution is 2.37. The van der Waals surface area contributed by atoms with Gasteiger partial charge in [0.05, 0.1) is 31.5 Å². The van der Waals surface area contributed by atoms with Crippen LogP contribution in [-0.4, -0.2) is 60.4 Å². The average molecular weight is 389 g/mol. The van der Waals surface area contributed by atoms with E-state index in [1.165, 1.54) is 0 Å². The molecule has 0 amide bonds. The Bertz CT molecular complexity index is 394. The van der Waals surface area contributed by atoms with Gasteiger partial charge in [-0.3, -0.25) is 0 Å². The van der Waals surface area contributed by atoms with E-state index >= 15 is 0 Å². The molecule has 0 aromatic carbocycles. The summed E-state index contributed by atoms with van der Waals surface area (Å²) in [6.45, 7) is 17.3. The number of hydrogen-bond donors (Lipinski definition) is 0. The zero-order valence-corrected chi connectivity index (χ0v) is 18.7. The topological polar surface area (TPSA) is 46.2 Å². The third kappa shape index (κ3) is 8.19. The van der Waals surface area contributed by atoms with Gasteiger partial charge in [0.2, 0.25) is 0 Å². The third-order valence-electron chi connectivity index (χ3n) is 5.45. The number of methoxy groups -OCH3 is 1. The highest BCUT2D eigenvalue weighted by molar-refractivity contribution is 6.74. The molecule has 1 saturated heterocycles. The molecule has 0 saturated carbocycles. The highest BCUT2D eigenvalue weighted by Gasteiger charge is 2.38. The number of rotatable bonds is 12. The maximum absolute atomic E-state index is 6.33. The molecular weight excluding hydrogens is 348 g/mol. The van der Waals surface area contributed by atoms with Crippen molar-refractivity contribution in [1.29, 1.82) is 0 Å². The van der Waals surface area contributed by atoms with Crippen LogP contribution in [0.3, 0.4) is 0 Å². The van der Waals surface area contributed by atoms with Gasteiger partial charge in [-0.1, -0.05) is 26.8 Å². The van der Waals surface area contributed by atoms with Crippen LogP contribution < -0.4 is 0 Å². The lowest BCUT2D eigenvalue weighted by atomic mass is 9.97. The Morgan fingerprint density at radius 1 is 1.15 bits per heavy atom. The van der Waals surface area contributed by atoms with Crippen LogP contribution in [0.5, 0.6) is 0 Å². The summed E-state index contributed by atoms with van der Waals surface area (Å²) in [5, 5.41) is 0.219. The van der Waals surface area contributed by atoms with E-state index < -0.39 is 8.32 Å². The van der Waals surface area contributed by atoms with E-state index in [0.29, 0.717) is 19.8 Å². The molecule has 3 atom stereocenters. The van der Waals surface area contributed by atoms with E-state index in [1.807, 2.05) is 6.08 Å². The Hall–Kier alpha value is -0.243. The normalized spacial score (nSPS) is 24.6. The monoisotopic (exact) mass is 388 g/mol. The van der Waals surface area contributed by atoms with Crippen molar-refractivity contribution in [3.63, 3.8) is 0 Å². The van der Waals surface area contributed by atoms with Crippen molar-refractivity contribution in [2.45, 2.75) is 82.9 Å². The van der Waals surface area contributed by atoms with E-state index in [4.69, 9.17) is 23.4 Å². The van der Waals surface area contributed by atoms with Crippen LogP contribution in [0.4, 0.5) is 0 Å². The van der Waals surface area contributed by atoms with E-state index in [9.17, 15) is 0 Å². The van der Waals surface area contributed by atoms with Gasteiger partial charge in [0.25, 0.3) is 0 Å². The first-order valence-corrected chi connectivity index (χ1v) is 12.7. The first-order valence-electron chi connectivity index (χ1n) is 9.80. The largest absolute Gasteiger partial charge is 0.417 e. The molecule has 1 heterocycles. The van der Waals surface area contributed by atoms with Crippen LogP contribution in [-0.2, 0) is 23.4 Å². The van der Waals surface area contributed by atoms with Crippen molar-refractivity contribution in [1.82, 2.24) is 0 Å². The summed E-state index contributed by atoms with van der Waals surface area (Å²) in [5.41, 5.74) is 0. The molecule has 0 aliphatic carbocycles. The van der Waals surface area contributed by atoms with Crippen LogP contribution in [0.25, 0.3) is 0 Å². The van der Waals surface area contributed by atoms with Gasteiger partial charge in [-0.2, -0.15) is 0 Å². The molecule has 5 nitrogen and oxygen atoms in total. The molecule has 154 valence electrons. The molecule has 6 heteroatoms. The van der Waals surface area contributed by atoms with Crippen molar-refractivity contribution in [2.24, 2.45) is 0 Å². The van der Waals surface area contributed by atoms with Gasteiger partial charge in [-0.15, -0.1) is 6.58 Å². The Morgan fingerprint density at radius 2 is 1.88 bits per heavy atom. The molecule has 0 unspecified atom stereocenters. The van der Waals surface area contributed by atoms with Crippen LogP contribution in [0.1, 0.15) is 46.5 Å². The van der Waals surface area contributed by atoms with Crippen LogP contribution in [0.2, 0.25) is 18.1 Å². The summed E-state index contributed by atoms with van der Waals surface area (Å²) in [7, 11) is -0.0711. The summed E-state index contributed by atoms with van der Waals surface area (Å²) >= 11 is 0. The standard InChI is InChI=1S/C20H40O5Si/c1-8-9-17-10-11-18(23-16-22-15-14-21-5)19(25-17)12-13-24-26(6,7)20(2,3)4/h8,17-19H,1,9-16H2,2-7H3/t17-,18-,19-/m1/s1. The highest BCUT2D eigenvalue weighted by atomic mass is 28.4. The molecule has 0 bridgehead atoms. The molecule has 1 aliphatic rings. The summed E-state index contributed by atoms with van der Waals surface area (Å²) in [6, 6.07) is 0. The molecule has 0 aromatic rings. The summed E-state index contributed by atoms with van der Waals surface area (Å²) in [6.07, 6.45) is 5.99. The van der Waals surface area contributed by atoms with Crippen molar-refractivity contribution in [3.8, 4) is 0 Å². The second-order valence-electron chi connectivity index (χ2n) is 8.52. The fraction of sp³-hybridized carbons (Fsp3) is 0.900. The summed E-state index contributed by atoms with van der Waals surface area (Å²) in [4.78, 5) is 0. The predicted molar refractivity (Wildman–Crippen MR) is 108 cm³/mol. The fourth-order valence-corrected chi connectivity index (χ4v) is 3.79. The average Bonchev–Trinajstić information content (AvgIpc) is 2.55. The minimum atomic E-state index is -1.74. The summed E-state index contributed by atoms with van der Waals surface area (Å²) < 4.78 is 29.0. The third-order valence-corrected chi connectivity index (χ3v) is 9.99. The summed E-state index contributed by atoms with van der Waals surface area (Å²) in [5.74, 6) is 0. The van der Waals surface area contributed by atoms with E-state index in [2.05, 4.69) is 40.4 Å². The molecule has 0 spiro atoms. The molecular formula is C20H40O5Si. The Morgan fingerprint density at radius 3 is 2.50 bits per heavy atom. The first kappa shape index (κ1) is 23.8.